The van der Waals surface area contributed by atoms with E-state index >= 15 is 0 Å². The highest BCUT2D eigenvalue weighted by Gasteiger charge is 2.22. The van der Waals surface area contributed by atoms with E-state index in [0.29, 0.717) is 11.7 Å². The van der Waals surface area contributed by atoms with Gasteiger partial charge in [0.25, 0.3) is 0 Å². The van der Waals surface area contributed by atoms with Gasteiger partial charge in [0.1, 0.15) is 5.69 Å². The summed E-state index contributed by atoms with van der Waals surface area (Å²) in [7, 11) is 0. The molecule has 0 aromatic heterocycles. The molecule has 0 aliphatic heterocycles. The van der Waals surface area contributed by atoms with Gasteiger partial charge in [0, 0.05) is 11.4 Å². The van der Waals surface area contributed by atoms with Gasteiger partial charge in [0.15, 0.2) is 0 Å². The summed E-state index contributed by atoms with van der Waals surface area (Å²) in [6, 6.07) is 12.3. The van der Waals surface area contributed by atoms with Crippen molar-refractivity contribution in [2.24, 2.45) is 5.18 Å². The van der Waals surface area contributed by atoms with Crippen molar-refractivity contribution in [1.29, 1.82) is 0 Å². The first-order chi connectivity index (χ1) is 7.88. The number of anilines is 1. The van der Waals surface area contributed by atoms with Crippen LogP contribution in [0.2, 0.25) is 0 Å². The lowest BCUT2D eigenvalue weighted by atomic mass is 10.1. The minimum Gasteiger partial charge on any atom is -0.380 e. The molecule has 0 heterocycles. The van der Waals surface area contributed by atoms with Gasteiger partial charge in [-0.15, -0.1) is 4.91 Å². The molecule has 80 valence electrons. The van der Waals surface area contributed by atoms with Crippen molar-refractivity contribution in [2.45, 2.75) is 18.9 Å². The van der Waals surface area contributed by atoms with Crippen LogP contribution < -0.4 is 5.32 Å². The Balaban J connectivity index is 2.16. The van der Waals surface area contributed by atoms with Crippen molar-refractivity contribution in [2.75, 3.05) is 5.32 Å². The van der Waals surface area contributed by atoms with E-state index in [4.69, 9.17) is 0 Å². The van der Waals surface area contributed by atoms with E-state index < -0.39 is 0 Å². The maximum absolute atomic E-state index is 11.0. The lowest BCUT2D eigenvalue weighted by Crippen LogP contribution is -2.00. The van der Waals surface area contributed by atoms with Crippen LogP contribution in [0, 0.1) is 4.91 Å². The fourth-order valence-corrected chi connectivity index (χ4v) is 1.92. The van der Waals surface area contributed by atoms with E-state index in [2.05, 4.69) is 10.5 Å². The predicted molar refractivity (Wildman–Crippen MR) is 66.0 cm³/mol. The molecular formula is C13H12N2O. The van der Waals surface area contributed by atoms with Crippen LogP contribution in [-0.4, -0.2) is 6.04 Å². The van der Waals surface area contributed by atoms with Gasteiger partial charge in [-0.05, 0) is 29.5 Å². The molecule has 0 bridgehead atoms. The zero-order valence-corrected chi connectivity index (χ0v) is 8.81. The second-order valence-corrected chi connectivity index (χ2v) is 4.19. The summed E-state index contributed by atoms with van der Waals surface area (Å²) < 4.78 is 0. The van der Waals surface area contributed by atoms with Crippen molar-refractivity contribution < 1.29 is 0 Å². The van der Waals surface area contributed by atoms with E-state index in [0.717, 1.165) is 16.5 Å². The van der Waals surface area contributed by atoms with Crippen LogP contribution in [0.25, 0.3) is 10.8 Å². The summed E-state index contributed by atoms with van der Waals surface area (Å²) in [5, 5.41) is 8.47. The molecule has 1 aliphatic rings. The van der Waals surface area contributed by atoms with Gasteiger partial charge in [-0.25, -0.2) is 0 Å². The minimum atomic E-state index is 0.529. The molecule has 1 saturated carbocycles. The third-order valence-corrected chi connectivity index (χ3v) is 2.93. The van der Waals surface area contributed by atoms with E-state index in [1.807, 2.05) is 36.4 Å². The molecule has 0 amide bonds. The van der Waals surface area contributed by atoms with E-state index in [1.165, 1.54) is 12.8 Å². The van der Waals surface area contributed by atoms with Crippen molar-refractivity contribution >= 4 is 22.1 Å². The van der Waals surface area contributed by atoms with Crippen LogP contribution >= 0.6 is 0 Å². The summed E-state index contributed by atoms with van der Waals surface area (Å²) in [4.78, 5) is 11.0. The average molecular weight is 212 g/mol. The van der Waals surface area contributed by atoms with Crippen LogP contribution in [0.5, 0.6) is 0 Å². The Morgan fingerprint density at radius 3 is 2.69 bits per heavy atom. The summed E-state index contributed by atoms with van der Waals surface area (Å²) in [5.41, 5.74) is 1.39. The zero-order valence-electron chi connectivity index (χ0n) is 8.81. The number of nitrogens with zero attached hydrogens (tertiary/aromatic N) is 1. The molecule has 0 spiro atoms. The first-order valence-corrected chi connectivity index (χ1v) is 5.50. The quantitative estimate of drug-likeness (QED) is 0.786. The Morgan fingerprint density at radius 2 is 1.94 bits per heavy atom. The summed E-state index contributed by atoms with van der Waals surface area (Å²) in [6.45, 7) is 0. The number of hydrogen-bond acceptors (Lipinski definition) is 3. The smallest absolute Gasteiger partial charge is 0.138 e. The fraction of sp³-hybridized carbons (Fsp3) is 0.231. The maximum Gasteiger partial charge on any atom is 0.138 e. The van der Waals surface area contributed by atoms with Crippen molar-refractivity contribution in [3.63, 3.8) is 0 Å². The molecule has 16 heavy (non-hydrogen) atoms. The molecule has 2 aromatic carbocycles. The molecule has 3 nitrogen and oxygen atoms in total. The third-order valence-electron chi connectivity index (χ3n) is 2.93. The van der Waals surface area contributed by atoms with Gasteiger partial charge < -0.3 is 5.32 Å². The third kappa shape index (κ3) is 1.54. The van der Waals surface area contributed by atoms with E-state index in [1.54, 1.807) is 0 Å². The van der Waals surface area contributed by atoms with Crippen molar-refractivity contribution in [1.82, 2.24) is 0 Å². The summed E-state index contributed by atoms with van der Waals surface area (Å²) in [5.74, 6) is 0. The Labute approximate surface area is 93.4 Å². The highest BCUT2D eigenvalue weighted by molar-refractivity contribution is 5.98. The molecule has 0 atom stereocenters. The highest BCUT2D eigenvalue weighted by atomic mass is 16.3. The average Bonchev–Trinajstić information content (AvgIpc) is 3.13. The van der Waals surface area contributed by atoms with Gasteiger partial charge in [-0.1, -0.05) is 30.3 Å². The van der Waals surface area contributed by atoms with Crippen LogP contribution in [0.4, 0.5) is 11.4 Å². The standard InChI is InChI=1S/C13H12N2O/c16-15-13-11-4-2-1-3-9(11)5-8-12(13)14-10-6-7-10/h1-5,8,10,14H,6-7H2. The second kappa shape index (κ2) is 3.59. The molecule has 3 heteroatoms. The second-order valence-electron chi connectivity index (χ2n) is 4.19. The first-order valence-electron chi connectivity index (χ1n) is 5.50. The topological polar surface area (TPSA) is 41.5 Å². The minimum absolute atomic E-state index is 0.529. The van der Waals surface area contributed by atoms with Gasteiger partial charge in [0.2, 0.25) is 0 Å². The predicted octanol–water partition coefficient (Wildman–Crippen LogP) is 3.81. The number of fused-ring (bicyclic) bond motifs is 1. The monoisotopic (exact) mass is 212 g/mol. The van der Waals surface area contributed by atoms with Gasteiger partial charge in [-0.3, -0.25) is 0 Å². The first kappa shape index (κ1) is 9.33. The highest BCUT2D eigenvalue weighted by Crippen LogP contribution is 2.36. The lowest BCUT2D eigenvalue weighted by Gasteiger charge is -2.08. The Hall–Kier alpha value is -1.90. The summed E-state index contributed by atoms with van der Waals surface area (Å²) in [6.07, 6.45) is 2.37. The van der Waals surface area contributed by atoms with Crippen LogP contribution in [0.15, 0.2) is 41.6 Å². The van der Waals surface area contributed by atoms with Crippen LogP contribution in [0.1, 0.15) is 12.8 Å². The Bertz CT molecular complexity index is 547. The zero-order chi connectivity index (χ0) is 11.0. The largest absolute Gasteiger partial charge is 0.380 e. The molecule has 1 N–H and O–H groups in total. The van der Waals surface area contributed by atoms with Crippen LogP contribution in [-0.2, 0) is 0 Å². The van der Waals surface area contributed by atoms with Crippen molar-refractivity contribution in [3.05, 3.63) is 41.3 Å². The number of hydrogen-bond donors (Lipinski definition) is 1. The molecule has 2 aromatic rings. The maximum atomic E-state index is 11.0. The fourth-order valence-electron chi connectivity index (χ4n) is 1.92. The van der Waals surface area contributed by atoms with Gasteiger partial charge in [-0.2, -0.15) is 0 Å². The molecule has 0 saturated heterocycles. The number of nitrogens with one attached hydrogen (secondary N) is 1. The van der Waals surface area contributed by atoms with Gasteiger partial charge in [0.05, 0.1) is 5.69 Å². The summed E-state index contributed by atoms with van der Waals surface area (Å²) >= 11 is 0. The number of benzene rings is 2. The Kier molecular flexibility index (Phi) is 2.10. The molecular weight excluding hydrogens is 200 g/mol. The molecule has 3 rings (SSSR count). The Morgan fingerprint density at radius 1 is 1.12 bits per heavy atom. The normalized spacial score (nSPS) is 15.0. The van der Waals surface area contributed by atoms with Gasteiger partial charge >= 0.3 is 0 Å². The van der Waals surface area contributed by atoms with Crippen LogP contribution in [0.3, 0.4) is 0 Å². The van der Waals surface area contributed by atoms with Crippen molar-refractivity contribution in [3.8, 4) is 0 Å². The molecule has 0 radical (unpaired) electrons. The SMILES string of the molecule is O=Nc1c(NC2CC2)ccc2ccccc12. The van der Waals surface area contributed by atoms with E-state index in [-0.39, 0.29) is 0 Å². The molecule has 1 aliphatic carbocycles. The number of nitroso groups, excluding NO2 is 1. The molecule has 1 fully saturated rings. The molecule has 0 unspecified atom stereocenters. The lowest BCUT2D eigenvalue weighted by molar-refractivity contribution is 1.16. The number of rotatable bonds is 3. The van der Waals surface area contributed by atoms with E-state index in [9.17, 15) is 4.91 Å².